The Kier molecular flexibility index (Phi) is 4.29. The second-order valence-electron chi connectivity index (χ2n) is 3.94. The van der Waals surface area contributed by atoms with Crippen LogP contribution in [0.25, 0.3) is 0 Å². The standard InChI is InChI=1S/C11H14BrNO3/c1-7(2)8(3)16-11-5-4-9(12)6-10(11)13(14)15/h4-8H,1-3H3. The quantitative estimate of drug-likeness (QED) is 0.625. The summed E-state index contributed by atoms with van der Waals surface area (Å²) in [6.45, 7) is 5.92. The molecule has 1 rings (SSSR count). The molecule has 0 fully saturated rings. The Morgan fingerprint density at radius 1 is 1.38 bits per heavy atom. The smallest absolute Gasteiger partial charge is 0.312 e. The van der Waals surface area contributed by atoms with Crippen LogP contribution >= 0.6 is 15.9 Å². The van der Waals surface area contributed by atoms with E-state index in [2.05, 4.69) is 15.9 Å². The van der Waals surface area contributed by atoms with Gasteiger partial charge in [0.15, 0.2) is 5.75 Å². The van der Waals surface area contributed by atoms with Crippen molar-refractivity contribution in [1.82, 2.24) is 0 Å². The summed E-state index contributed by atoms with van der Waals surface area (Å²) in [5.74, 6) is 0.623. The van der Waals surface area contributed by atoms with Crippen LogP contribution in [0.2, 0.25) is 0 Å². The Labute approximate surface area is 103 Å². The first-order valence-corrected chi connectivity index (χ1v) is 5.81. The monoisotopic (exact) mass is 287 g/mol. The maximum absolute atomic E-state index is 10.8. The molecule has 4 nitrogen and oxygen atoms in total. The fraction of sp³-hybridized carbons (Fsp3) is 0.455. The number of rotatable bonds is 4. The summed E-state index contributed by atoms with van der Waals surface area (Å²) in [5.41, 5.74) is -0.0122. The van der Waals surface area contributed by atoms with E-state index in [4.69, 9.17) is 4.74 Å². The molecule has 16 heavy (non-hydrogen) atoms. The third-order valence-corrected chi connectivity index (χ3v) is 2.86. The minimum atomic E-state index is -0.437. The van der Waals surface area contributed by atoms with E-state index in [1.165, 1.54) is 6.07 Å². The Bertz CT molecular complexity index is 393. The van der Waals surface area contributed by atoms with Crippen LogP contribution in [-0.4, -0.2) is 11.0 Å². The summed E-state index contributed by atoms with van der Waals surface area (Å²) >= 11 is 3.20. The van der Waals surface area contributed by atoms with Gasteiger partial charge in [0.1, 0.15) is 0 Å². The van der Waals surface area contributed by atoms with Gasteiger partial charge in [-0.15, -0.1) is 0 Å². The zero-order chi connectivity index (χ0) is 12.3. The van der Waals surface area contributed by atoms with Crippen molar-refractivity contribution >= 4 is 21.6 Å². The average molecular weight is 288 g/mol. The SMILES string of the molecule is CC(C)C(C)Oc1ccc(Br)cc1[N+](=O)[O-]. The molecular weight excluding hydrogens is 274 g/mol. The van der Waals surface area contributed by atoms with E-state index < -0.39 is 4.92 Å². The van der Waals surface area contributed by atoms with Crippen molar-refractivity contribution in [2.24, 2.45) is 5.92 Å². The summed E-state index contributed by atoms with van der Waals surface area (Å²) in [5, 5.41) is 10.8. The normalized spacial score (nSPS) is 12.6. The molecule has 1 unspecified atom stereocenters. The van der Waals surface area contributed by atoms with E-state index in [1.807, 2.05) is 20.8 Å². The van der Waals surface area contributed by atoms with Gasteiger partial charge in [0, 0.05) is 10.5 Å². The van der Waals surface area contributed by atoms with Crippen LogP contribution < -0.4 is 4.74 Å². The van der Waals surface area contributed by atoms with E-state index in [0.29, 0.717) is 16.1 Å². The molecule has 0 amide bonds. The van der Waals surface area contributed by atoms with Crippen molar-refractivity contribution in [3.8, 4) is 5.75 Å². The molecule has 0 spiro atoms. The average Bonchev–Trinajstić information content (AvgIpc) is 2.20. The van der Waals surface area contributed by atoms with E-state index in [9.17, 15) is 10.1 Å². The fourth-order valence-corrected chi connectivity index (χ4v) is 1.42. The van der Waals surface area contributed by atoms with Crippen molar-refractivity contribution in [3.63, 3.8) is 0 Å². The molecule has 88 valence electrons. The predicted octanol–water partition coefficient (Wildman–Crippen LogP) is 3.78. The highest BCUT2D eigenvalue weighted by Crippen LogP contribution is 2.31. The number of benzene rings is 1. The van der Waals surface area contributed by atoms with E-state index >= 15 is 0 Å². The summed E-state index contributed by atoms with van der Waals surface area (Å²) in [7, 11) is 0. The van der Waals surface area contributed by atoms with Gasteiger partial charge in [-0.25, -0.2) is 0 Å². The van der Waals surface area contributed by atoms with Crippen molar-refractivity contribution in [3.05, 3.63) is 32.8 Å². The van der Waals surface area contributed by atoms with Crippen LogP contribution in [0, 0.1) is 16.0 Å². The minimum Gasteiger partial charge on any atom is -0.484 e. The molecule has 0 aromatic heterocycles. The first-order valence-electron chi connectivity index (χ1n) is 5.02. The molecule has 1 aromatic carbocycles. The molecule has 0 N–H and O–H groups in total. The van der Waals surface area contributed by atoms with Crippen molar-refractivity contribution in [2.75, 3.05) is 0 Å². The first kappa shape index (κ1) is 13.0. The summed E-state index contributed by atoms with van der Waals surface area (Å²) < 4.78 is 6.23. The molecule has 0 aliphatic heterocycles. The molecule has 5 heteroatoms. The van der Waals surface area contributed by atoms with Crippen molar-refractivity contribution in [1.29, 1.82) is 0 Å². The van der Waals surface area contributed by atoms with Crippen LogP contribution in [0.3, 0.4) is 0 Å². The maximum atomic E-state index is 10.8. The Hall–Kier alpha value is -1.10. The van der Waals surface area contributed by atoms with Crippen LogP contribution in [0.5, 0.6) is 5.75 Å². The lowest BCUT2D eigenvalue weighted by Gasteiger charge is -2.17. The second kappa shape index (κ2) is 5.30. The largest absolute Gasteiger partial charge is 0.484 e. The molecule has 0 saturated heterocycles. The molecular formula is C11H14BrNO3. The second-order valence-corrected chi connectivity index (χ2v) is 4.85. The molecule has 0 saturated carbocycles. The van der Waals surface area contributed by atoms with Crippen LogP contribution in [0.15, 0.2) is 22.7 Å². The molecule has 0 aliphatic carbocycles. The van der Waals surface area contributed by atoms with E-state index in [1.54, 1.807) is 12.1 Å². The Morgan fingerprint density at radius 2 is 2.00 bits per heavy atom. The van der Waals surface area contributed by atoms with Gasteiger partial charge in [0.2, 0.25) is 0 Å². The maximum Gasteiger partial charge on any atom is 0.312 e. The van der Waals surface area contributed by atoms with Crippen LogP contribution in [0.1, 0.15) is 20.8 Å². The fourth-order valence-electron chi connectivity index (χ4n) is 1.07. The van der Waals surface area contributed by atoms with E-state index in [-0.39, 0.29) is 11.8 Å². The zero-order valence-electron chi connectivity index (χ0n) is 9.44. The molecule has 1 aromatic rings. The highest BCUT2D eigenvalue weighted by Gasteiger charge is 2.18. The lowest BCUT2D eigenvalue weighted by atomic mass is 10.1. The van der Waals surface area contributed by atoms with Gasteiger partial charge in [-0.2, -0.15) is 0 Å². The van der Waals surface area contributed by atoms with Gasteiger partial charge < -0.3 is 4.74 Å². The van der Waals surface area contributed by atoms with Gasteiger partial charge in [-0.05, 0) is 25.0 Å². The third-order valence-electron chi connectivity index (χ3n) is 2.37. The van der Waals surface area contributed by atoms with Gasteiger partial charge in [0.25, 0.3) is 0 Å². The highest BCUT2D eigenvalue weighted by molar-refractivity contribution is 9.10. The summed E-state index contributed by atoms with van der Waals surface area (Å²) in [4.78, 5) is 10.4. The van der Waals surface area contributed by atoms with Crippen LogP contribution in [-0.2, 0) is 0 Å². The Balaban J connectivity index is 2.99. The molecule has 0 bridgehead atoms. The predicted molar refractivity (Wildman–Crippen MR) is 65.7 cm³/mol. The molecule has 1 atom stereocenters. The minimum absolute atomic E-state index is 0.0122. The number of nitro benzene ring substituents is 1. The number of ether oxygens (including phenoxy) is 1. The third kappa shape index (κ3) is 3.20. The molecule has 0 radical (unpaired) electrons. The van der Waals surface area contributed by atoms with Gasteiger partial charge in [0.05, 0.1) is 11.0 Å². The topological polar surface area (TPSA) is 52.4 Å². The highest BCUT2D eigenvalue weighted by atomic mass is 79.9. The van der Waals surface area contributed by atoms with Gasteiger partial charge >= 0.3 is 5.69 Å². The van der Waals surface area contributed by atoms with Crippen molar-refractivity contribution < 1.29 is 9.66 Å². The first-order chi connectivity index (χ1) is 7.41. The van der Waals surface area contributed by atoms with Crippen LogP contribution in [0.4, 0.5) is 5.69 Å². The number of nitro groups is 1. The van der Waals surface area contributed by atoms with E-state index in [0.717, 1.165) is 0 Å². The molecule has 0 heterocycles. The number of hydrogen-bond donors (Lipinski definition) is 0. The van der Waals surface area contributed by atoms with Crippen molar-refractivity contribution in [2.45, 2.75) is 26.9 Å². The lowest BCUT2D eigenvalue weighted by Crippen LogP contribution is -2.19. The van der Waals surface area contributed by atoms with Gasteiger partial charge in [-0.3, -0.25) is 10.1 Å². The lowest BCUT2D eigenvalue weighted by molar-refractivity contribution is -0.386. The van der Waals surface area contributed by atoms with Gasteiger partial charge in [-0.1, -0.05) is 29.8 Å². The molecule has 0 aliphatic rings. The summed E-state index contributed by atoms with van der Waals surface area (Å²) in [6.07, 6.45) is -0.0557. The number of nitrogens with zero attached hydrogens (tertiary/aromatic N) is 1. The zero-order valence-corrected chi connectivity index (χ0v) is 11.0. The Morgan fingerprint density at radius 3 is 2.50 bits per heavy atom. The number of halogens is 1. The summed E-state index contributed by atoms with van der Waals surface area (Å²) in [6, 6.07) is 4.79. The number of hydrogen-bond acceptors (Lipinski definition) is 3.